The second-order valence-electron chi connectivity index (χ2n) is 10.4. The van der Waals surface area contributed by atoms with Gasteiger partial charge in [0.15, 0.2) is 0 Å². The summed E-state index contributed by atoms with van der Waals surface area (Å²) in [6, 6.07) is 38.9. The van der Waals surface area contributed by atoms with Crippen molar-refractivity contribution in [3.8, 4) is 0 Å². The smallest absolute Gasteiger partial charge is 0.332 e. The zero-order chi connectivity index (χ0) is 30.8. The number of hydrogen-bond donors (Lipinski definition) is 0. The van der Waals surface area contributed by atoms with Crippen molar-refractivity contribution in [3.05, 3.63) is 189 Å². The molecular formula is C36H32O6S2. The molecule has 0 N–H and O–H groups in total. The van der Waals surface area contributed by atoms with Gasteiger partial charge in [-0.15, -0.1) is 0 Å². The summed E-state index contributed by atoms with van der Waals surface area (Å²) < 4.78 is 57.9. The van der Waals surface area contributed by atoms with E-state index in [2.05, 4.69) is 0 Å². The number of hydrogen-bond acceptors (Lipinski definition) is 6. The molecule has 2 heterocycles. The van der Waals surface area contributed by atoms with E-state index in [1.807, 2.05) is 133 Å². The highest BCUT2D eigenvalue weighted by atomic mass is 32.2. The average Bonchev–Trinajstić information content (AvgIpc) is 2.98. The Balaban J connectivity index is 0.000000175. The first-order valence-electron chi connectivity index (χ1n) is 14.1. The second kappa shape index (κ2) is 14.2. The molecule has 44 heavy (non-hydrogen) atoms. The lowest BCUT2D eigenvalue weighted by atomic mass is 10.0. The third kappa shape index (κ3) is 9.69. The average molecular weight is 625 g/mol. The minimum absolute atomic E-state index is 0.458. The first kappa shape index (κ1) is 30.8. The maximum atomic E-state index is 11.9. The van der Waals surface area contributed by atoms with Gasteiger partial charge in [-0.05, 0) is 58.4 Å². The van der Waals surface area contributed by atoms with E-state index in [9.17, 15) is 16.8 Å². The first-order valence-corrected chi connectivity index (χ1v) is 17.0. The third-order valence-corrected chi connectivity index (χ3v) is 8.75. The molecule has 2 aliphatic heterocycles. The molecule has 0 spiro atoms. The van der Waals surface area contributed by atoms with Gasteiger partial charge >= 0.3 is 20.2 Å². The molecule has 8 heteroatoms. The minimum atomic E-state index is -3.65. The topological polar surface area (TPSA) is 86.7 Å². The molecule has 2 aliphatic rings. The van der Waals surface area contributed by atoms with Crippen LogP contribution in [0.5, 0.6) is 0 Å². The molecule has 4 aromatic rings. The summed E-state index contributed by atoms with van der Waals surface area (Å²) in [7, 11) is -7.30. The Morgan fingerprint density at radius 2 is 0.659 bits per heavy atom. The zero-order valence-electron chi connectivity index (χ0n) is 24.0. The Hall–Kier alpha value is -4.66. The lowest BCUT2D eigenvalue weighted by molar-refractivity contribution is 0.400. The molecule has 0 aromatic heterocycles. The van der Waals surface area contributed by atoms with Crippen LogP contribution in [0.2, 0.25) is 0 Å². The highest BCUT2D eigenvalue weighted by Gasteiger charge is 2.20. The van der Waals surface area contributed by atoms with Crippen molar-refractivity contribution in [2.24, 2.45) is 0 Å². The summed E-state index contributed by atoms with van der Waals surface area (Å²) in [6.45, 7) is 0. The van der Waals surface area contributed by atoms with E-state index in [1.54, 1.807) is 0 Å². The first-order chi connectivity index (χ1) is 21.2. The zero-order valence-corrected chi connectivity index (χ0v) is 25.6. The molecule has 0 unspecified atom stereocenters. The van der Waals surface area contributed by atoms with Crippen LogP contribution in [-0.2, 0) is 54.3 Å². The van der Waals surface area contributed by atoms with E-state index in [4.69, 9.17) is 8.37 Å². The lowest BCUT2D eigenvalue weighted by Crippen LogP contribution is -2.11. The molecule has 6 rings (SSSR count). The Bertz CT molecular complexity index is 1750. The van der Waals surface area contributed by atoms with Crippen LogP contribution in [0.3, 0.4) is 0 Å². The van der Waals surface area contributed by atoms with Crippen molar-refractivity contribution >= 4 is 20.2 Å². The molecule has 0 saturated heterocycles. The van der Waals surface area contributed by atoms with Crippen LogP contribution in [-0.4, -0.2) is 16.8 Å². The molecule has 0 aliphatic carbocycles. The summed E-state index contributed by atoms with van der Waals surface area (Å²) >= 11 is 0. The third-order valence-electron chi connectivity index (χ3n) is 6.68. The summed E-state index contributed by atoms with van der Waals surface area (Å²) in [5.74, 6) is 0.916. The molecule has 6 nitrogen and oxygen atoms in total. The standard InChI is InChI=1S/2C18H16O3S/c2*19-22(20)14-17(11-15-7-3-1-4-8-15)13-18(21-22)12-16-9-5-2-6-10-16/h2*1-10,13-14H,11-12H2. The predicted molar refractivity (Wildman–Crippen MR) is 173 cm³/mol. The van der Waals surface area contributed by atoms with Crippen LogP contribution in [0.4, 0.5) is 0 Å². The highest BCUT2D eigenvalue weighted by molar-refractivity contribution is 7.90. The van der Waals surface area contributed by atoms with Crippen molar-refractivity contribution in [2.75, 3.05) is 0 Å². The molecule has 0 radical (unpaired) electrons. The van der Waals surface area contributed by atoms with Crippen molar-refractivity contribution < 1.29 is 25.2 Å². The van der Waals surface area contributed by atoms with Crippen molar-refractivity contribution in [2.45, 2.75) is 25.7 Å². The highest BCUT2D eigenvalue weighted by Crippen LogP contribution is 2.25. The lowest BCUT2D eigenvalue weighted by Gasteiger charge is -2.15. The molecular weight excluding hydrogens is 593 g/mol. The van der Waals surface area contributed by atoms with E-state index in [0.717, 1.165) is 33.4 Å². The van der Waals surface area contributed by atoms with Crippen molar-refractivity contribution in [3.63, 3.8) is 0 Å². The van der Waals surface area contributed by atoms with E-state index in [1.165, 1.54) is 10.8 Å². The maximum Gasteiger partial charge on any atom is 0.332 e. The van der Waals surface area contributed by atoms with Crippen molar-refractivity contribution in [1.82, 2.24) is 0 Å². The van der Waals surface area contributed by atoms with Gasteiger partial charge in [-0.25, -0.2) is 0 Å². The Labute approximate surface area is 259 Å². The molecule has 224 valence electrons. The maximum absolute atomic E-state index is 11.9. The van der Waals surface area contributed by atoms with E-state index in [-0.39, 0.29) is 0 Å². The van der Waals surface area contributed by atoms with Gasteiger partial charge in [0.05, 0.1) is 10.8 Å². The normalized spacial score (nSPS) is 16.4. The largest absolute Gasteiger partial charge is 0.384 e. The summed E-state index contributed by atoms with van der Waals surface area (Å²) in [5.41, 5.74) is 5.66. The Kier molecular flexibility index (Phi) is 9.94. The van der Waals surface area contributed by atoms with Gasteiger partial charge in [-0.1, -0.05) is 121 Å². The van der Waals surface area contributed by atoms with Crippen LogP contribution < -0.4 is 0 Å². The second-order valence-corrected chi connectivity index (χ2v) is 13.2. The number of allylic oxidation sites excluding steroid dienone is 6. The fourth-order valence-electron chi connectivity index (χ4n) is 4.85. The summed E-state index contributed by atoms with van der Waals surface area (Å²) in [6.07, 6.45) is 5.71. The van der Waals surface area contributed by atoms with Gasteiger partial charge in [-0.2, -0.15) is 16.8 Å². The van der Waals surface area contributed by atoms with Crippen LogP contribution in [0, 0.1) is 0 Å². The van der Waals surface area contributed by atoms with Crippen LogP contribution in [0.1, 0.15) is 22.3 Å². The van der Waals surface area contributed by atoms with E-state index < -0.39 is 20.2 Å². The van der Waals surface area contributed by atoms with Gasteiger partial charge < -0.3 is 8.37 Å². The summed E-state index contributed by atoms with van der Waals surface area (Å²) in [4.78, 5) is 0. The van der Waals surface area contributed by atoms with Crippen LogP contribution in [0.25, 0.3) is 0 Å². The quantitative estimate of drug-likeness (QED) is 0.193. The van der Waals surface area contributed by atoms with Crippen LogP contribution in [0.15, 0.2) is 167 Å². The van der Waals surface area contributed by atoms with Crippen LogP contribution >= 0.6 is 0 Å². The predicted octanol–water partition coefficient (Wildman–Crippen LogP) is 7.20. The molecule has 0 saturated carbocycles. The fraction of sp³-hybridized carbons (Fsp3) is 0.111. The Morgan fingerprint density at radius 1 is 0.386 bits per heavy atom. The van der Waals surface area contributed by atoms with Gasteiger partial charge in [-0.3, -0.25) is 0 Å². The Morgan fingerprint density at radius 3 is 0.955 bits per heavy atom. The molecule has 0 fully saturated rings. The van der Waals surface area contributed by atoms with Gasteiger partial charge in [0.2, 0.25) is 0 Å². The number of benzene rings is 4. The fourth-order valence-corrected chi connectivity index (χ4v) is 6.80. The van der Waals surface area contributed by atoms with Crippen molar-refractivity contribution in [1.29, 1.82) is 0 Å². The SMILES string of the molecule is O=S1(=O)C=C(Cc2ccccc2)C=C(Cc2ccccc2)O1.O=S1(=O)C=C(Cc2ccccc2)C=C(Cc2ccccc2)O1. The van der Waals surface area contributed by atoms with E-state index in [0.29, 0.717) is 37.2 Å². The minimum Gasteiger partial charge on any atom is -0.384 e. The van der Waals surface area contributed by atoms with E-state index >= 15 is 0 Å². The summed E-state index contributed by atoms with van der Waals surface area (Å²) in [5, 5.41) is 2.41. The van der Waals surface area contributed by atoms with Gasteiger partial charge in [0.25, 0.3) is 0 Å². The molecule has 0 amide bonds. The number of rotatable bonds is 8. The molecule has 4 aromatic carbocycles. The molecule has 0 atom stereocenters. The molecule has 0 bridgehead atoms. The van der Waals surface area contributed by atoms with Gasteiger partial charge in [0, 0.05) is 12.8 Å². The van der Waals surface area contributed by atoms with Gasteiger partial charge in [0.1, 0.15) is 11.5 Å². The monoisotopic (exact) mass is 624 g/mol.